The van der Waals surface area contributed by atoms with Crippen molar-refractivity contribution in [3.05, 3.63) is 0 Å². The van der Waals surface area contributed by atoms with Crippen molar-refractivity contribution in [2.24, 2.45) is 17.3 Å². The van der Waals surface area contributed by atoms with E-state index in [1.165, 1.54) is 11.8 Å². The zero-order valence-corrected chi connectivity index (χ0v) is 5.90. The minimum atomic E-state index is 0.972. The fourth-order valence-corrected chi connectivity index (χ4v) is 3.57. The van der Waals surface area contributed by atoms with Gasteiger partial charge in [0.2, 0.25) is 0 Å². The van der Waals surface area contributed by atoms with E-state index in [0.29, 0.717) is 0 Å². The Morgan fingerprint density at radius 2 is 1.33 bits per heavy atom. The van der Waals surface area contributed by atoms with E-state index in [4.69, 9.17) is 0 Å². The molecule has 0 aliphatic heterocycles. The lowest BCUT2D eigenvalue weighted by molar-refractivity contribution is -0.0635. The molecule has 0 amide bonds. The Bertz CT molecular complexity index is 130. The highest BCUT2D eigenvalue weighted by Crippen LogP contribution is 2.70. The molecule has 0 nitrogen and oxygen atoms in total. The van der Waals surface area contributed by atoms with Gasteiger partial charge in [-0.15, -0.1) is 0 Å². The fraction of sp³-hybridized carbons (Fsp3) is 1.00. The zero-order chi connectivity index (χ0) is 5.90. The Balaban J connectivity index is 1.97. The summed E-state index contributed by atoms with van der Waals surface area (Å²) in [6.45, 7) is 0. The molecule has 3 saturated carbocycles. The average Bonchev–Trinajstić information content (AvgIpc) is 1.85. The van der Waals surface area contributed by atoms with E-state index in [9.17, 15) is 0 Å². The molecule has 50 valence electrons. The first-order valence-electron chi connectivity index (χ1n) is 4.42. The molecule has 3 rings (SSSR count). The summed E-state index contributed by atoms with van der Waals surface area (Å²) in [5.41, 5.74) is 0.972. The molecule has 3 aliphatic carbocycles. The average molecular weight is 122 g/mol. The quantitative estimate of drug-likeness (QED) is 0.463. The van der Waals surface area contributed by atoms with E-state index in [1.807, 2.05) is 0 Å². The first-order valence-corrected chi connectivity index (χ1v) is 4.42. The van der Waals surface area contributed by atoms with Crippen LogP contribution in [0.15, 0.2) is 0 Å². The van der Waals surface area contributed by atoms with E-state index in [2.05, 4.69) is 0 Å². The van der Waals surface area contributed by atoms with E-state index in [1.54, 1.807) is 38.5 Å². The standard InChI is InChI=1S/C9H14/c1-2-8-4-6-9(8)5-3-7(1)9/h7-8H,1-6H2/t7-,8+,9?. The molecule has 0 saturated heterocycles. The summed E-state index contributed by atoms with van der Waals surface area (Å²) in [4.78, 5) is 0. The van der Waals surface area contributed by atoms with Crippen LogP contribution in [-0.4, -0.2) is 0 Å². The molecular formula is C9H14. The third kappa shape index (κ3) is 0.342. The van der Waals surface area contributed by atoms with Gasteiger partial charge in [-0.1, -0.05) is 0 Å². The van der Waals surface area contributed by atoms with Crippen molar-refractivity contribution >= 4 is 0 Å². The van der Waals surface area contributed by atoms with Crippen molar-refractivity contribution < 1.29 is 0 Å². The van der Waals surface area contributed by atoms with Crippen LogP contribution in [-0.2, 0) is 0 Å². The maximum Gasteiger partial charge on any atom is -0.0241 e. The van der Waals surface area contributed by atoms with Crippen LogP contribution < -0.4 is 0 Å². The van der Waals surface area contributed by atoms with Crippen molar-refractivity contribution in [2.45, 2.75) is 38.5 Å². The predicted octanol–water partition coefficient (Wildman–Crippen LogP) is 2.59. The van der Waals surface area contributed by atoms with Crippen LogP contribution in [0.4, 0.5) is 0 Å². The maximum absolute atomic E-state index is 1.60. The van der Waals surface area contributed by atoms with Gasteiger partial charge in [0.15, 0.2) is 0 Å². The molecule has 1 spiro atoms. The minimum Gasteiger partial charge on any atom is -0.0496 e. The lowest BCUT2D eigenvalue weighted by atomic mass is 9.49. The van der Waals surface area contributed by atoms with Gasteiger partial charge in [0.05, 0.1) is 0 Å². The summed E-state index contributed by atoms with van der Waals surface area (Å²) >= 11 is 0. The molecule has 0 bridgehead atoms. The third-order valence-electron chi connectivity index (χ3n) is 4.41. The molecule has 0 aromatic rings. The van der Waals surface area contributed by atoms with Crippen molar-refractivity contribution in [2.75, 3.05) is 0 Å². The van der Waals surface area contributed by atoms with Crippen molar-refractivity contribution in [1.82, 2.24) is 0 Å². The van der Waals surface area contributed by atoms with Crippen LogP contribution in [0.5, 0.6) is 0 Å². The lowest BCUT2D eigenvalue weighted by Crippen LogP contribution is -2.47. The van der Waals surface area contributed by atoms with Crippen molar-refractivity contribution in [3.8, 4) is 0 Å². The molecule has 1 unspecified atom stereocenters. The van der Waals surface area contributed by atoms with Crippen LogP contribution in [0.25, 0.3) is 0 Å². The van der Waals surface area contributed by atoms with Crippen molar-refractivity contribution in [3.63, 3.8) is 0 Å². The minimum absolute atomic E-state index is 0.972. The van der Waals surface area contributed by atoms with Gasteiger partial charge in [-0.2, -0.15) is 0 Å². The van der Waals surface area contributed by atoms with Gasteiger partial charge in [0.25, 0.3) is 0 Å². The first kappa shape index (κ1) is 4.76. The molecule has 3 aliphatic rings. The Morgan fingerprint density at radius 1 is 0.778 bits per heavy atom. The van der Waals surface area contributed by atoms with E-state index < -0.39 is 0 Å². The maximum atomic E-state index is 1.60. The summed E-state index contributed by atoms with van der Waals surface area (Å²) in [5, 5.41) is 0. The van der Waals surface area contributed by atoms with Crippen LogP contribution in [0.3, 0.4) is 0 Å². The lowest BCUT2D eigenvalue weighted by Gasteiger charge is -2.56. The van der Waals surface area contributed by atoms with Gasteiger partial charge in [-0.3, -0.25) is 0 Å². The molecule has 0 heteroatoms. The number of hydrogen-bond acceptors (Lipinski definition) is 0. The summed E-state index contributed by atoms with van der Waals surface area (Å²) in [6, 6.07) is 0. The molecule has 0 heterocycles. The monoisotopic (exact) mass is 122 g/mol. The summed E-state index contributed by atoms with van der Waals surface area (Å²) in [6.07, 6.45) is 9.53. The normalized spacial score (nSPS) is 61.3. The first-order chi connectivity index (χ1) is 4.42. The van der Waals surface area contributed by atoms with Gasteiger partial charge in [-0.25, -0.2) is 0 Å². The number of rotatable bonds is 0. The SMILES string of the molecule is C1C[C@H]2CCC23CC[C@@H]13. The van der Waals surface area contributed by atoms with Crippen LogP contribution in [0.2, 0.25) is 0 Å². The molecule has 0 aromatic heterocycles. The Morgan fingerprint density at radius 3 is 1.56 bits per heavy atom. The van der Waals surface area contributed by atoms with Gasteiger partial charge in [0.1, 0.15) is 0 Å². The molecule has 0 N–H and O–H groups in total. The Hall–Kier alpha value is 0. The second-order valence-corrected chi connectivity index (χ2v) is 4.28. The molecule has 0 aromatic carbocycles. The smallest absolute Gasteiger partial charge is 0.0241 e. The van der Waals surface area contributed by atoms with Crippen LogP contribution in [0.1, 0.15) is 38.5 Å². The van der Waals surface area contributed by atoms with Crippen LogP contribution >= 0.6 is 0 Å². The summed E-state index contributed by atoms with van der Waals surface area (Å²) < 4.78 is 0. The molecular weight excluding hydrogens is 108 g/mol. The van der Waals surface area contributed by atoms with Crippen molar-refractivity contribution in [1.29, 1.82) is 0 Å². The topological polar surface area (TPSA) is 0 Å². The van der Waals surface area contributed by atoms with E-state index >= 15 is 0 Å². The van der Waals surface area contributed by atoms with E-state index in [0.717, 1.165) is 5.41 Å². The number of hydrogen-bond donors (Lipinski definition) is 0. The van der Waals surface area contributed by atoms with Gasteiger partial charge >= 0.3 is 0 Å². The predicted molar refractivity (Wildman–Crippen MR) is 37.1 cm³/mol. The second-order valence-electron chi connectivity index (χ2n) is 4.28. The highest BCUT2D eigenvalue weighted by Gasteiger charge is 2.60. The van der Waals surface area contributed by atoms with E-state index in [-0.39, 0.29) is 0 Å². The molecule has 9 heavy (non-hydrogen) atoms. The molecule has 0 radical (unpaired) electrons. The fourth-order valence-electron chi connectivity index (χ4n) is 3.57. The highest BCUT2D eigenvalue weighted by atomic mass is 14.6. The zero-order valence-electron chi connectivity index (χ0n) is 5.90. The summed E-state index contributed by atoms with van der Waals surface area (Å²) in [5.74, 6) is 2.41. The molecule has 3 fully saturated rings. The third-order valence-corrected chi connectivity index (χ3v) is 4.41. The van der Waals surface area contributed by atoms with Gasteiger partial charge in [0, 0.05) is 0 Å². The van der Waals surface area contributed by atoms with Crippen LogP contribution in [0, 0.1) is 17.3 Å². The Labute approximate surface area is 56.6 Å². The largest absolute Gasteiger partial charge is 0.0496 e. The Kier molecular flexibility index (Phi) is 0.640. The van der Waals surface area contributed by atoms with Gasteiger partial charge in [-0.05, 0) is 55.8 Å². The highest BCUT2D eigenvalue weighted by molar-refractivity contribution is 5.10. The summed E-state index contributed by atoms with van der Waals surface area (Å²) in [7, 11) is 0. The van der Waals surface area contributed by atoms with Gasteiger partial charge < -0.3 is 0 Å². The second kappa shape index (κ2) is 1.21. The molecule has 3 atom stereocenters.